The van der Waals surface area contributed by atoms with Gasteiger partial charge in [0.2, 0.25) is 0 Å². The van der Waals surface area contributed by atoms with Crippen LogP contribution < -0.4 is 9.39 Å². The van der Waals surface area contributed by atoms with Crippen molar-refractivity contribution in [3.05, 3.63) is 58.7 Å². The molecule has 0 aliphatic rings. The van der Waals surface area contributed by atoms with Crippen LogP contribution in [0.2, 0.25) is 0 Å². The Hall–Kier alpha value is -2.57. The van der Waals surface area contributed by atoms with E-state index in [1.165, 1.54) is 0 Å². The fourth-order valence-electron chi connectivity index (χ4n) is 2.06. The van der Waals surface area contributed by atoms with E-state index >= 15 is 0 Å². The van der Waals surface area contributed by atoms with Crippen molar-refractivity contribution in [2.45, 2.75) is 12.3 Å². The molecule has 0 saturated heterocycles. The monoisotopic (exact) mass is 404 g/mol. The lowest BCUT2D eigenvalue weighted by Crippen LogP contribution is -2.25. The summed E-state index contributed by atoms with van der Waals surface area (Å²) in [6.45, 7) is 0. The molecule has 0 atom stereocenters. The van der Waals surface area contributed by atoms with E-state index in [0.29, 0.717) is 0 Å². The number of ether oxygens (including phenoxy) is 1. The molecule has 0 saturated carbocycles. The SMILES string of the molecule is OBOc1cc(F)c(C(F)(F)Oc2cc(F)c(C(F)(F)F)c(F)c2)c(F)c1. The first-order valence-electron chi connectivity index (χ1n) is 6.73. The molecule has 13 heteroatoms. The third-order valence-electron chi connectivity index (χ3n) is 3.08. The summed E-state index contributed by atoms with van der Waals surface area (Å²) in [5, 5.41) is 8.47. The highest BCUT2D eigenvalue weighted by Crippen LogP contribution is 2.39. The van der Waals surface area contributed by atoms with Crippen molar-refractivity contribution in [2.75, 3.05) is 0 Å². The van der Waals surface area contributed by atoms with Gasteiger partial charge >= 0.3 is 20.0 Å². The molecular weight excluding hydrogens is 398 g/mol. The van der Waals surface area contributed by atoms with Crippen LogP contribution in [0.15, 0.2) is 24.3 Å². The number of hydrogen-bond acceptors (Lipinski definition) is 3. The van der Waals surface area contributed by atoms with Crippen LogP contribution in [0.25, 0.3) is 0 Å². The van der Waals surface area contributed by atoms with Crippen LogP contribution in [0.5, 0.6) is 11.5 Å². The van der Waals surface area contributed by atoms with Gasteiger partial charge in [-0.25, -0.2) is 17.6 Å². The van der Waals surface area contributed by atoms with Gasteiger partial charge in [-0.05, 0) is 0 Å². The highest BCUT2D eigenvalue weighted by Gasteiger charge is 2.43. The van der Waals surface area contributed by atoms with E-state index in [-0.39, 0.29) is 24.3 Å². The number of hydrogen-bond donors (Lipinski definition) is 1. The lowest BCUT2D eigenvalue weighted by Gasteiger charge is -2.20. The van der Waals surface area contributed by atoms with E-state index in [2.05, 4.69) is 9.39 Å². The molecule has 27 heavy (non-hydrogen) atoms. The van der Waals surface area contributed by atoms with Gasteiger partial charge in [-0.15, -0.1) is 0 Å². The summed E-state index contributed by atoms with van der Waals surface area (Å²) in [6.07, 6.45) is -10.3. The van der Waals surface area contributed by atoms with E-state index < -0.39 is 65.9 Å². The molecule has 3 nitrogen and oxygen atoms in total. The quantitative estimate of drug-likeness (QED) is 0.605. The highest BCUT2D eigenvalue weighted by molar-refractivity contribution is 6.17. The third kappa shape index (κ3) is 4.41. The van der Waals surface area contributed by atoms with E-state index in [1.807, 2.05) is 0 Å². The molecule has 0 amide bonds. The Morgan fingerprint density at radius 2 is 1.11 bits per heavy atom. The van der Waals surface area contributed by atoms with E-state index in [0.717, 1.165) is 0 Å². The predicted molar refractivity (Wildman–Crippen MR) is 72.2 cm³/mol. The molecule has 0 aliphatic heterocycles. The first-order valence-corrected chi connectivity index (χ1v) is 6.73. The number of rotatable bonds is 5. The summed E-state index contributed by atoms with van der Waals surface area (Å²) < 4.78 is 128. The predicted octanol–water partition coefficient (Wildman–Crippen LogP) is 4.03. The zero-order valence-corrected chi connectivity index (χ0v) is 12.7. The third-order valence-corrected chi connectivity index (χ3v) is 3.08. The molecule has 0 aliphatic carbocycles. The van der Waals surface area contributed by atoms with Gasteiger partial charge in [0.05, 0.1) is 0 Å². The van der Waals surface area contributed by atoms with Crippen molar-refractivity contribution in [2.24, 2.45) is 0 Å². The molecular formula is C14H6BF9O3. The lowest BCUT2D eigenvalue weighted by atomic mass is 10.1. The molecule has 0 radical (unpaired) electrons. The van der Waals surface area contributed by atoms with Crippen LogP contribution >= 0.6 is 0 Å². The summed E-state index contributed by atoms with van der Waals surface area (Å²) in [7, 11) is -1.02. The van der Waals surface area contributed by atoms with Gasteiger partial charge in [0.15, 0.2) is 0 Å². The molecule has 2 rings (SSSR count). The van der Waals surface area contributed by atoms with E-state index in [9.17, 15) is 39.5 Å². The Kier molecular flexibility index (Phi) is 5.54. The van der Waals surface area contributed by atoms with Crippen molar-refractivity contribution < 1.29 is 53.9 Å². The zero-order valence-electron chi connectivity index (χ0n) is 12.7. The van der Waals surface area contributed by atoms with Crippen molar-refractivity contribution in [3.8, 4) is 11.5 Å². The summed E-state index contributed by atoms with van der Waals surface area (Å²) in [4.78, 5) is 0. The van der Waals surface area contributed by atoms with Crippen LogP contribution in [0.3, 0.4) is 0 Å². The fourth-order valence-corrected chi connectivity index (χ4v) is 2.06. The molecule has 2 aromatic rings. The first kappa shape index (κ1) is 20.7. The molecule has 0 spiro atoms. The molecule has 0 aromatic heterocycles. The van der Waals surface area contributed by atoms with Crippen LogP contribution in [0.1, 0.15) is 11.1 Å². The maximum Gasteiger partial charge on any atom is 0.504 e. The maximum atomic E-state index is 14.0. The van der Waals surface area contributed by atoms with Gasteiger partial charge in [-0.2, -0.15) is 22.0 Å². The van der Waals surface area contributed by atoms with Gasteiger partial charge in [0, 0.05) is 24.3 Å². The largest absolute Gasteiger partial charge is 0.539 e. The second-order valence-electron chi connectivity index (χ2n) is 4.91. The molecule has 1 N–H and O–H groups in total. The van der Waals surface area contributed by atoms with Gasteiger partial charge in [0.25, 0.3) is 0 Å². The summed E-state index contributed by atoms with van der Waals surface area (Å²) >= 11 is 0. The topological polar surface area (TPSA) is 38.7 Å². The zero-order chi connectivity index (χ0) is 20.6. The van der Waals surface area contributed by atoms with Crippen molar-refractivity contribution in [1.29, 1.82) is 0 Å². The average Bonchev–Trinajstić information content (AvgIpc) is 2.43. The standard InChI is InChI=1S/C14H6BF9O3/c16-7-1-5(2-8(17)11(7)13(20,21)22)26-14(23,24)12-9(18)3-6(27-15-25)4-10(12)19/h1-4,15,25H. The summed E-state index contributed by atoms with van der Waals surface area (Å²) in [5.41, 5.74) is -4.34. The van der Waals surface area contributed by atoms with Crippen molar-refractivity contribution >= 4 is 7.69 Å². The molecule has 0 unspecified atom stereocenters. The Morgan fingerprint density at radius 3 is 1.52 bits per heavy atom. The number of benzene rings is 2. The average molecular weight is 404 g/mol. The first-order chi connectivity index (χ1) is 12.4. The molecule has 0 bridgehead atoms. The van der Waals surface area contributed by atoms with Crippen LogP contribution in [-0.2, 0) is 12.3 Å². The Labute approximate surface area is 145 Å². The minimum Gasteiger partial charge on any atom is -0.539 e. The Bertz CT molecular complexity index is 808. The molecule has 146 valence electrons. The Morgan fingerprint density at radius 1 is 0.704 bits per heavy atom. The van der Waals surface area contributed by atoms with E-state index in [1.54, 1.807) is 0 Å². The number of halogens is 9. The smallest absolute Gasteiger partial charge is 0.504 e. The van der Waals surface area contributed by atoms with Crippen molar-refractivity contribution in [3.63, 3.8) is 0 Å². The Balaban J connectivity index is 2.42. The molecule has 0 heterocycles. The number of alkyl halides is 5. The molecule has 2 aromatic carbocycles. The van der Waals surface area contributed by atoms with Gasteiger partial charge < -0.3 is 14.4 Å². The van der Waals surface area contributed by atoms with Gasteiger partial charge in [-0.1, -0.05) is 0 Å². The van der Waals surface area contributed by atoms with E-state index in [4.69, 9.17) is 5.02 Å². The highest BCUT2D eigenvalue weighted by atomic mass is 19.4. The summed E-state index contributed by atoms with van der Waals surface area (Å²) in [6, 6.07) is 0.109. The van der Waals surface area contributed by atoms with Gasteiger partial charge in [0.1, 0.15) is 45.9 Å². The van der Waals surface area contributed by atoms with Crippen LogP contribution in [0, 0.1) is 23.3 Å². The normalized spacial score (nSPS) is 12.1. The van der Waals surface area contributed by atoms with Crippen LogP contribution in [0.4, 0.5) is 39.5 Å². The minimum absolute atomic E-state index is 0.209. The maximum absolute atomic E-state index is 14.0. The second kappa shape index (κ2) is 7.21. The van der Waals surface area contributed by atoms with Crippen LogP contribution in [-0.4, -0.2) is 12.7 Å². The molecule has 0 fully saturated rings. The van der Waals surface area contributed by atoms with Crippen molar-refractivity contribution in [1.82, 2.24) is 0 Å². The fraction of sp³-hybridized carbons (Fsp3) is 0.143. The summed E-state index contributed by atoms with van der Waals surface area (Å²) in [5.74, 6) is -10.4. The van der Waals surface area contributed by atoms with Gasteiger partial charge in [-0.3, -0.25) is 0 Å². The second-order valence-corrected chi connectivity index (χ2v) is 4.91. The lowest BCUT2D eigenvalue weighted by molar-refractivity contribution is -0.189. The minimum atomic E-state index is -5.45.